The monoisotopic (exact) mass is 231 g/mol. The van der Waals surface area contributed by atoms with Gasteiger partial charge in [0.2, 0.25) is 0 Å². The lowest BCUT2D eigenvalue weighted by atomic mass is 9.92. The van der Waals surface area contributed by atoms with E-state index in [-0.39, 0.29) is 5.76 Å². The van der Waals surface area contributed by atoms with Gasteiger partial charge in [-0.15, -0.1) is 0 Å². The number of aryl methyl sites for hydroxylation is 1. The van der Waals surface area contributed by atoms with Gasteiger partial charge < -0.3 is 15.2 Å². The number of carbonyl (C=O) groups excluding carboxylic acids is 1. The maximum Gasteiger partial charge on any atom is 0.343 e. The van der Waals surface area contributed by atoms with Crippen molar-refractivity contribution in [3.63, 3.8) is 0 Å². The highest BCUT2D eigenvalue weighted by molar-refractivity contribution is 6.19. The molecule has 2 aliphatic heterocycles. The molecule has 0 saturated carbocycles. The minimum absolute atomic E-state index is 0.0603. The molecule has 0 bridgehead atoms. The highest BCUT2D eigenvalue weighted by Gasteiger charge is 2.52. The first-order valence-corrected chi connectivity index (χ1v) is 5.57. The van der Waals surface area contributed by atoms with Crippen molar-refractivity contribution in [3.05, 3.63) is 41.2 Å². The predicted molar refractivity (Wildman–Crippen MR) is 62.4 cm³/mol. The summed E-state index contributed by atoms with van der Waals surface area (Å²) in [5, 5.41) is 13.2. The van der Waals surface area contributed by atoms with E-state index in [0.29, 0.717) is 24.2 Å². The van der Waals surface area contributed by atoms with Crippen LogP contribution in [0.15, 0.2) is 30.0 Å². The van der Waals surface area contributed by atoms with Crippen LogP contribution in [0.5, 0.6) is 0 Å². The largest absolute Gasteiger partial charge is 0.507 e. The Bertz CT molecular complexity index is 512. The average Bonchev–Trinajstić information content (AvgIpc) is 2.52. The third-order valence-corrected chi connectivity index (χ3v) is 3.32. The molecule has 88 valence electrons. The van der Waals surface area contributed by atoms with E-state index in [2.05, 4.69) is 5.32 Å². The second kappa shape index (κ2) is 3.34. The lowest BCUT2D eigenvalue weighted by molar-refractivity contribution is -0.150. The van der Waals surface area contributed by atoms with Crippen molar-refractivity contribution in [2.24, 2.45) is 0 Å². The van der Waals surface area contributed by atoms with Crippen LogP contribution in [0.4, 0.5) is 0 Å². The summed E-state index contributed by atoms with van der Waals surface area (Å²) in [6, 6.07) is 7.47. The fraction of sp³-hybridized carbons (Fsp3) is 0.308. The molecule has 4 nitrogen and oxygen atoms in total. The SMILES string of the molecule is Cc1ccc(C2=C(O)C3(CNC3)OC2=O)cc1. The van der Waals surface area contributed by atoms with E-state index in [1.807, 2.05) is 31.2 Å². The zero-order chi connectivity index (χ0) is 12.0. The van der Waals surface area contributed by atoms with Crippen LogP contribution in [0.1, 0.15) is 11.1 Å². The maximum atomic E-state index is 11.8. The van der Waals surface area contributed by atoms with Gasteiger partial charge >= 0.3 is 5.97 Å². The molecule has 1 spiro atoms. The minimum Gasteiger partial charge on any atom is -0.507 e. The van der Waals surface area contributed by atoms with Gasteiger partial charge in [0.05, 0.1) is 0 Å². The highest BCUT2D eigenvalue weighted by atomic mass is 16.6. The van der Waals surface area contributed by atoms with E-state index >= 15 is 0 Å². The van der Waals surface area contributed by atoms with E-state index in [4.69, 9.17) is 4.74 Å². The van der Waals surface area contributed by atoms with Crippen LogP contribution in [0.25, 0.3) is 5.57 Å². The Labute approximate surface area is 98.9 Å². The van der Waals surface area contributed by atoms with Crippen LogP contribution in [-0.4, -0.2) is 29.8 Å². The molecule has 0 unspecified atom stereocenters. The Morgan fingerprint density at radius 1 is 1.29 bits per heavy atom. The Morgan fingerprint density at radius 2 is 1.94 bits per heavy atom. The van der Waals surface area contributed by atoms with Crippen LogP contribution < -0.4 is 5.32 Å². The summed E-state index contributed by atoms with van der Waals surface area (Å²) >= 11 is 0. The van der Waals surface area contributed by atoms with Crippen molar-refractivity contribution in [2.75, 3.05) is 13.1 Å². The summed E-state index contributed by atoms with van der Waals surface area (Å²) in [7, 11) is 0. The van der Waals surface area contributed by atoms with Gasteiger partial charge in [0.15, 0.2) is 11.4 Å². The van der Waals surface area contributed by atoms with E-state index < -0.39 is 11.6 Å². The van der Waals surface area contributed by atoms with Crippen LogP contribution in [-0.2, 0) is 9.53 Å². The quantitative estimate of drug-likeness (QED) is 0.712. The fourth-order valence-corrected chi connectivity index (χ4v) is 2.17. The minimum atomic E-state index is -0.808. The second-order valence-corrected chi connectivity index (χ2v) is 4.58. The van der Waals surface area contributed by atoms with Gasteiger partial charge in [-0.05, 0) is 12.5 Å². The molecule has 2 heterocycles. The van der Waals surface area contributed by atoms with Gasteiger partial charge in [-0.1, -0.05) is 29.8 Å². The summed E-state index contributed by atoms with van der Waals surface area (Å²) in [5.74, 6) is -0.377. The number of nitrogens with one attached hydrogen (secondary N) is 1. The molecule has 2 N–H and O–H groups in total. The van der Waals surface area contributed by atoms with Crippen molar-refractivity contribution in [1.82, 2.24) is 5.32 Å². The van der Waals surface area contributed by atoms with Crippen LogP contribution in [0.3, 0.4) is 0 Å². The molecule has 1 saturated heterocycles. The van der Waals surface area contributed by atoms with E-state index in [9.17, 15) is 9.90 Å². The maximum absolute atomic E-state index is 11.8. The van der Waals surface area contributed by atoms with Crippen LogP contribution in [0, 0.1) is 6.92 Å². The normalized spacial score (nSPS) is 21.6. The number of ether oxygens (including phenoxy) is 1. The van der Waals surface area contributed by atoms with Gasteiger partial charge in [-0.2, -0.15) is 0 Å². The number of rotatable bonds is 1. The Balaban J connectivity index is 2.07. The van der Waals surface area contributed by atoms with E-state index in [1.54, 1.807) is 0 Å². The van der Waals surface area contributed by atoms with Crippen LogP contribution in [0.2, 0.25) is 0 Å². The smallest absolute Gasteiger partial charge is 0.343 e. The summed E-state index contributed by atoms with van der Waals surface area (Å²) in [6.07, 6.45) is 0. The summed E-state index contributed by atoms with van der Waals surface area (Å²) in [5.41, 5.74) is 1.31. The number of aliphatic hydroxyl groups excluding tert-OH is 1. The van der Waals surface area contributed by atoms with Crippen molar-refractivity contribution in [1.29, 1.82) is 0 Å². The molecule has 1 aromatic carbocycles. The third-order valence-electron chi connectivity index (χ3n) is 3.32. The van der Waals surface area contributed by atoms with Gasteiger partial charge in [0, 0.05) is 13.1 Å². The topological polar surface area (TPSA) is 58.6 Å². The third kappa shape index (κ3) is 1.37. The standard InChI is InChI=1S/C13H13NO3/c1-8-2-4-9(5-3-8)10-11(15)13(6-14-7-13)17-12(10)16/h2-5,14-15H,6-7H2,1H3. The van der Waals surface area contributed by atoms with E-state index in [0.717, 1.165) is 5.56 Å². The number of hydrogen-bond donors (Lipinski definition) is 2. The van der Waals surface area contributed by atoms with Gasteiger partial charge in [-0.3, -0.25) is 0 Å². The van der Waals surface area contributed by atoms with Gasteiger partial charge in [0.1, 0.15) is 5.57 Å². The Hall–Kier alpha value is -1.81. The zero-order valence-corrected chi connectivity index (χ0v) is 9.49. The van der Waals surface area contributed by atoms with Gasteiger partial charge in [0.25, 0.3) is 0 Å². The molecule has 0 radical (unpaired) electrons. The summed E-state index contributed by atoms with van der Waals surface area (Å²) < 4.78 is 5.27. The van der Waals surface area contributed by atoms with E-state index in [1.165, 1.54) is 0 Å². The second-order valence-electron chi connectivity index (χ2n) is 4.58. The number of carbonyl (C=O) groups is 1. The Kier molecular flexibility index (Phi) is 2.03. The highest BCUT2D eigenvalue weighted by Crippen LogP contribution is 2.38. The lowest BCUT2D eigenvalue weighted by Crippen LogP contribution is -2.60. The number of esters is 1. The lowest BCUT2D eigenvalue weighted by Gasteiger charge is -2.37. The molecule has 1 aromatic rings. The van der Waals surface area contributed by atoms with Gasteiger partial charge in [-0.25, -0.2) is 4.79 Å². The fourth-order valence-electron chi connectivity index (χ4n) is 2.17. The number of benzene rings is 1. The molecule has 0 amide bonds. The zero-order valence-electron chi connectivity index (χ0n) is 9.49. The van der Waals surface area contributed by atoms with Crippen molar-refractivity contribution in [3.8, 4) is 0 Å². The molecule has 2 aliphatic rings. The molecule has 0 atom stereocenters. The molecule has 3 rings (SSSR count). The number of aliphatic hydroxyl groups is 1. The summed E-state index contributed by atoms with van der Waals surface area (Å²) in [6.45, 7) is 2.95. The first-order valence-electron chi connectivity index (χ1n) is 5.57. The molecular weight excluding hydrogens is 218 g/mol. The van der Waals surface area contributed by atoms with Crippen molar-refractivity contribution in [2.45, 2.75) is 12.5 Å². The molecule has 4 heteroatoms. The van der Waals surface area contributed by atoms with Crippen molar-refractivity contribution >= 4 is 11.5 Å². The summed E-state index contributed by atoms with van der Waals surface area (Å²) in [4.78, 5) is 11.8. The molecule has 0 aromatic heterocycles. The first kappa shape index (κ1) is 10.4. The molecular formula is C13H13NO3. The molecule has 17 heavy (non-hydrogen) atoms. The molecule has 1 fully saturated rings. The average molecular weight is 231 g/mol. The number of hydrogen-bond acceptors (Lipinski definition) is 4. The first-order chi connectivity index (χ1) is 8.12. The predicted octanol–water partition coefficient (Wildman–Crippen LogP) is 1.16. The molecule has 0 aliphatic carbocycles. The van der Waals surface area contributed by atoms with Crippen LogP contribution >= 0.6 is 0 Å². The Morgan fingerprint density at radius 3 is 2.41 bits per heavy atom. The van der Waals surface area contributed by atoms with Crippen molar-refractivity contribution < 1.29 is 14.6 Å².